The number of halogens is 5. The van der Waals surface area contributed by atoms with Gasteiger partial charge >= 0.3 is 12.1 Å². The molecule has 1 amide bonds. The fourth-order valence-electron chi connectivity index (χ4n) is 4.34. The molecule has 1 atom stereocenters. The van der Waals surface area contributed by atoms with Gasteiger partial charge in [-0.3, -0.25) is 9.48 Å². The first-order chi connectivity index (χ1) is 17.7. The number of amides is 1. The summed E-state index contributed by atoms with van der Waals surface area (Å²) in [5.41, 5.74) is 5.93. The molecular weight excluding hydrogens is 515 g/mol. The zero-order valence-corrected chi connectivity index (χ0v) is 19.8. The topological polar surface area (TPSA) is 145 Å². The fraction of sp³-hybridized carbons (Fsp3) is 0.304. The van der Waals surface area contributed by atoms with E-state index in [1.165, 1.54) is 30.1 Å². The number of alkyl halides is 5. The van der Waals surface area contributed by atoms with Crippen LogP contribution in [-0.2, 0) is 23.7 Å². The van der Waals surface area contributed by atoms with Crippen molar-refractivity contribution in [1.82, 2.24) is 29.7 Å². The van der Waals surface area contributed by atoms with Gasteiger partial charge < -0.3 is 16.2 Å². The SMILES string of the molecule is Cn1ncc2c(-c3nc(N)c4c(n3)NC(=O)C4(C)c3ccc(O)cc3)nc(CCC(F)(F)C(F)(F)F)nc21. The highest BCUT2D eigenvalue weighted by Crippen LogP contribution is 2.45. The van der Waals surface area contributed by atoms with E-state index in [9.17, 15) is 31.9 Å². The van der Waals surface area contributed by atoms with Gasteiger partial charge in [0, 0.05) is 19.9 Å². The Balaban J connectivity index is 1.61. The van der Waals surface area contributed by atoms with Crippen molar-refractivity contribution in [3.8, 4) is 17.3 Å². The highest BCUT2D eigenvalue weighted by molar-refractivity contribution is 6.09. The molecule has 198 valence electrons. The number of anilines is 2. The van der Waals surface area contributed by atoms with Crippen LogP contribution in [0.4, 0.5) is 33.6 Å². The van der Waals surface area contributed by atoms with Crippen LogP contribution in [0, 0.1) is 0 Å². The highest BCUT2D eigenvalue weighted by Gasteiger charge is 2.56. The number of aromatic hydroxyl groups is 1. The number of carbonyl (C=O) groups is 1. The Morgan fingerprint density at radius 2 is 1.76 bits per heavy atom. The van der Waals surface area contributed by atoms with Gasteiger partial charge in [-0.1, -0.05) is 12.1 Å². The summed E-state index contributed by atoms with van der Waals surface area (Å²) in [7, 11) is 1.51. The number of hydrogen-bond donors (Lipinski definition) is 3. The number of aromatic nitrogens is 6. The lowest BCUT2D eigenvalue weighted by atomic mass is 9.78. The van der Waals surface area contributed by atoms with Gasteiger partial charge in [0.15, 0.2) is 11.5 Å². The lowest BCUT2D eigenvalue weighted by molar-refractivity contribution is -0.284. The van der Waals surface area contributed by atoms with E-state index < -0.39 is 36.3 Å². The van der Waals surface area contributed by atoms with Crippen molar-refractivity contribution in [2.75, 3.05) is 11.1 Å². The van der Waals surface area contributed by atoms with E-state index in [1.807, 2.05) is 0 Å². The molecule has 4 aromatic rings. The van der Waals surface area contributed by atoms with Crippen molar-refractivity contribution in [3.63, 3.8) is 0 Å². The predicted octanol–water partition coefficient (Wildman–Crippen LogP) is 3.50. The number of aryl methyl sites for hydroxylation is 2. The van der Waals surface area contributed by atoms with Gasteiger partial charge in [0.05, 0.1) is 17.1 Å². The Kier molecular flexibility index (Phi) is 5.50. The first-order valence-electron chi connectivity index (χ1n) is 11.1. The summed E-state index contributed by atoms with van der Waals surface area (Å²) in [4.78, 5) is 30.0. The number of fused-ring (bicyclic) bond motifs is 2. The third-order valence-corrected chi connectivity index (χ3v) is 6.50. The molecule has 10 nitrogen and oxygen atoms in total. The van der Waals surface area contributed by atoms with Crippen LogP contribution in [-0.4, -0.2) is 52.8 Å². The number of nitrogens with zero attached hydrogens (tertiary/aromatic N) is 6. The summed E-state index contributed by atoms with van der Waals surface area (Å²) in [6.45, 7) is 1.61. The van der Waals surface area contributed by atoms with Crippen LogP contribution in [0.5, 0.6) is 5.75 Å². The smallest absolute Gasteiger partial charge is 0.453 e. The van der Waals surface area contributed by atoms with E-state index in [4.69, 9.17) is 5.73 Å². The third kappa shape index (κ3) is 3.85. The van der Waals surface area contributed by atoms with Crippen LogP contribution in [0.2, 0.25) is 0 Å². The number of phenols is 1. The van der Waals surface area contributed by atoms with Crippen LogP contribution in [0.1, 0.15) is 30.3 Å². The molecule has 1 aromatic carbocycles. The average Bonchev–Trinajstić information content (AvgIpc) is 3.34. The number of rotatable bonds is 5. The van der Waals surface area contributed by atoms with Crippen LogP contribution in [0.25, 0.3) is 22.6 Å². The molecule has 1 unspecified atom stereocenters. The van der Waals surface area contributed by atoms with E-state index in [2.05, 4.69) is 30.4 Å². The molecule has 4 heterocycles. The number of nitrogens with one attached hydrogen (secondary N) is 1. The van der Waals surface area contributed by atoms with E-state index in [-0.39, 0.29) is 45.9 Å². The van der Waals surface area contributed by atoms with Gasteiger partial charge in [0.25, 0.3) is 0 Å². The average molecular weight is 534 g/mol. The minimum absolute atomic E-state index is 0.00333. The second-order valence-electron chi connectivity index (χ2n) is 8.98. The summed E-state index contributed by atoms with van der Waals surface area (Å²) in [5, 5.41) is 16.6. The summed E-state index contributed by atoms with van der Waals surface area (Å²) in [6, 6.07) is 5.95. The van der Waals surface area contributed by atoms with E-state index >= 15 is 0 Å². The first kappa shape index (κ1) is 25.2. The zero-order valence-electron chi connectivity index (χ0n) is 19.8. The number of carbonyl (C=O) groups excluding carboxylic acids is 1. The summed E-state index contributed by atoms with van der Waals surface area (Å²) < 4.78 is 66.4. The molecule has 1 aliphatic heterocycles. The molecule has 5 rings (SSSR count). The Morgan fingerprint density at radius 1 is 1.08 bits per heavy atom. The van der Waals surface area contributed by atoms with Crippen LogP contribution >= 0.6 is 0 Å². The van der Waals surface area contributed by atoms with Gasteiger partial charge in [-0.25, -0.2) is 19.9 Å². The molecule has 15 heteroatoms. The van der Waals surface area contributed by atoms with Gasteiger partial charge in [-0.2, -0.15) is 27.1 Å². The molecule has 38 heavy (non-hydrogen) atoms. The molecule has 1 aliphatic rings. The maximum atomic E-state index is 13.6. The van der Waals surface area contributed by atoms with Crippen molar-refractivity contribution in [2.45, 2.75) is 37.3 Å². The molecule has 0 fully saturated rings. The van der Waals surface area contributed by atoms with Crippen LogP contribution in [0.3, 0.4) is 0 Å². The van der Waals surface area contributed by atoms with Crippen molar-refractivity contribution >= 4 is 28.6 Å². The maximum Gasteiger partial charge on any atom is 0.453 e. The minimum atomic E-state index is -5.72. The number of benzene rings is 1. The van der Waals surface area contributed by atoms with Gasteiger partial charge in [0.2, 0.25) is 5.91 Å². The highest BCUT2D eigenvalue weighted by atomic mass is 19.4. The third-order valence-electron chi connectivity index (χ3n) is 6.50. The lowest BCUT2D eigenvalue weighted by Gasteiger charge is -2.23. The Labute approximate surface area is 210 Å². The molecule has 0 spiro atoms. The predicted molar refractivity (Wildman–Crippen MR) is 124 cm³/mol. The fourth-order valence-corrected chi connectivity index (χ4v) is 4.34. The van der Waals surface area contributed by atoms with Gasteiger partial charge in [0.1, 0.15) is 34.3 Å². The quantitative estimate of drug-likeness (QED) is 0.330. The Bertz CT molecular complexity index is 1590. The monoisotopic (exact) mass is 534 g/mol. The van der Waals surface area contributed by atoms with Gasteiger partial charge in [-0.05, 0) is 24.6 Å². The molecule has 3 aromatic heterocycles. The largest absolute Gasteiger partial charge is 0.508 e. The van der Waals surface area contributed by atoms with E-state index in [1.54, 1.807) is 19.1 Å². The Morgan fingerprint density at radius 3 is 2.42 bits per heavy atom. The second kappa shape index (κ2) is 8.29. The van der Waals surface area contributed by atoms with Crippen molar-refractivity contribution in [1.29, 1.82) is 0 Å². The summed E-state index contributed by atoms with van der Waals surface area (Å²) >= 11 is 0. The standard InChI is InChI=1S/C23H19F5N8O2/c1-21(10-3-5-11(37)6-4-10)14-16(29)33-18(34-17(14)35-20(21)38)15-12-9-30-36(2)19(12)32-13(31-15)7-8-22(24,25)23(26,27)28/h3-6,9,37H,7-8H2,1-2H3,(H3,29,33,34,35,38). The van der Waals surface area contributed by atoms with Crippen molar-refractivity contribution < 1.29 is 31.9 Å². The Hall–Kier alpha value is -4.43. The van der Waals surface area contributed by atoms with Gasteiger partial charge in [-0.15, -0.1) is 0 Å². The molecular formula is C23H19F5N8O2. The van der Waals surface area contributed by atoms with Crippen LogP contribution < -0.4 is 11.1 Å². The maximum absolute atomic E-state index is 13.6. The zero-order chi connectivity index (χ0) is 27.6. The van der Waals surface area contributed by atoms with Crippen molar-refractivity contribution in [2.24, 2.45) is 7.05 Å². The number of phenolic OH excluding ortho intramolecular Hbond substituents is 1. The molecule has 0 bridgehead atoms. The van der Waals surface area contributed by atoms with E-state index in [0.29, 0.717) is 10.9 Å². The lowest BCUT2D eigenvalue weighted by Crippen LogP contribution is -2.36. The molecule has 0 saturated carbocycles. The normalized spacial score (nSPS) is 17.6. The molecule has 0 radical (unpaired) electrons. The summed E-state index contributed by atoms with van der Waals surface area (Å²) in [5.74, 6) is -5.81. The second-order valence-corrected chi connectivity index (χ2v) is 8.98. The summed E-state index contributed by atoms with van der Waals surface area (Å²) in [6.07, 6.45) is -6.71. The number of hydrogen-bond acceptors (Lipinski definition) is 8. The molecule has 4 N–H and O–H groups in total. The minimum Gasteiger partial charge on any atom is -0.508 e. The number of nitrogen functional groups attached to an aromatic ring is 1. The molecule has 0 saturated heterocycles. The number of nitrogens with two attached hydrogens (primary N) is 1. The molecule has 0 aliphatic carbocycles. The van der Waals surface area contributed by atoms with Crippen LogP contribution in [0.15, 0.2) is 30.5 Å². The first-order valence-corrected chi connectivity index (χ1v) is 11.1. The van der Waals surface area contributed by atoms with Crippen molar-refractivity contribution in [3.05, 3.63) is 47.4 Å². The van der Waals surface area contributed by atoms with E-state index in [0.717, 1.165) is 0 Å².